The molecule has 6 nitrogen and oxygen atoms in total. The molecule has 1 aromatic carbocycles. The van der Waals surface area contributed by atoms with E-state index in [9.17, 15) is 4.79 Å². The Balaban J connectivity index is 2.09. The molecule has 112 valence electrons. The van der Waals surface area contributed by atoms with E-state index in [4.69, 9.17) is 26.6 Å². The maximum atomic E-state index is 12.3. The van der Waals surface area contributed by atoms with Crippen LogP contribution in [-0.4, -0.2) is 30.1 Å². The van der Waals surface area contributed by atoms with Gasteiger partial charge in [-0.25, -0.2) is 0 Å². The van der Waals surface area contributed by atoms with Crippen LogP contribution in [0.2, 0.25) is 5.02 Å². The van der Waals surface area contributed by atoms with Gasteiger partial charge in [-0.1, -0.05) is 16.8 Å². The standard InChI is InChI=1S/C14H16ClN3O3/c1-18(7-9-5-10(16)3-4-12(9)15)14(19)13-6-11(8-20-2)21-17-13/h3-6H,7-8,16H2,1-2H3. The minimum Gasteiger partial charge on any atom is -0.399 e. The SMILES string of the molecule is COCc1cc(C(=O)N(C)Cc2cc(N)ccc2Cl)no1. The Bertz CT molecular complexity index is 642. The fraction of sp³-hybridized carbons (Fsp3) is 0.286. The second-order valence-corrected chi connectivity index (χ2v) is 5.03. The normalized spacial score (nSPS) is 10.6. The Kier molecular flexibility index (Phi) is 4.82. The van der Waals surface area contributed by atoms with Gasteiger partial charge in [-0.2, -0.15) is 0 Å². The number of benzene rings is 1. The molecule has 21 heavy (non-hydrogen) atoms. The molecule has 0 atom stereocenters. The van der Waals surface area contributed by atoms with E-state index in [1.165, 1.54) is 12.0 Å². The van der Waals surface area contributed by atoms with Crippen LogP contribution in [0, 0.1) is 0 Å². The zero-order valence-corrected chi connectivity index (χ0v) is 12.6. The zero-order chi connectivity index (χ0) is 15.4. The lowest BCUT2D eigenvalue weighted by Crippen LogP contribution is -2.26. The van der Waals surface area contributed by atoms with Crippen molar-refractivity contribution in [2.75, 3.05) is 19.9 Å². The van der Waals surface area contributed by atoms with Crippen LogP contribution in [0.25, 0.3) is 0 Å². The van der Waals surface area contributed by atoms with Crippen LogP contribution in [0.4, 0.5) is 5.69 Å². The highest BCUT2D eigenvalue weighted by atomic mass is 35.5. The molecule has 7 heteroatoms. The molecule has 0 aliphatic carbocycles. The minimum atomic E-state index is -0.264. The van der Waals surface area contributed by atoms with Crippen LogP contribution in [0.5, 0.6) is 0 Å². The van der Waals surface area contributed by atoms with Crippen molar-refractivity contribution in [3.05, 3.63) is 46.3 Å². The van der Waals surface area contributed by atoms with Gasteiger partial charge in [0.2, 0.25) is 0 Å². The lowest BCUT2D eigenvalue weighted by Gasteiger charge is -2.16. The van der Waals surface area contributed by atoms with Gasteiger partial charge in [0, 0.05) is 37.5 Å². The number of nitrogens with zero attached hydrogens (tertiary/aromatic N) is 2. The lowest BCUT2D eigenvalue weighted by molar-refractivity contribution is 0.0774. The van der Waals surface area contributed by atoms with E-state index in [0.29, 0.717) is 23.0 Å². The number of hydrogen-bond acceptors (Lipinski definition) is 5. The van der Waals surface area contributed by atoms with Crippen LogP contribution in [0.1, 0.15) is 21.8 Å². The highest BCUT2D eigenvalue weighted by Gasteiger charge is 2.18. The monoisotopic (exact) mass is 309 g/mol. The van der Waals surface area contributed by atoms with Crippen LogP contribution in [-0.2, 0) is 17.9 Å². The summed E-state index contributed by atoms with van der Waals surface area (Å²) in [6, 6.07) is 6.72. The van der Waals surface area contributed by atoms with Gasteiger partial charge < -0.3 is 19.9 Å². The fourth-order valence-corrected chi connectivity index (χ4v) is 2.04. The van der Waals surface area contributed by atoms with E-state index < -0.39 is 0 Å². The van der Waals surface area contributed by atoms with Crippen molar-refractivity contribution in [1.82, 2.24) is 10.1 Å². The molecule has 0 saturated heterocycles. The number of carbonyl (C=O) groups is 1. The predicted octanol–water partition coefficient (Wildman–Crippen LogP) is 2.33. The first kappa shape index (κ1) is 15.3. The van der Waals surface area contributed by atoms with Crippen LogP contribution >= 0.6 is 11.6 Å². The smallest absolute Gasteiger partial charge is 0.276 e. The number of carbonyl (C=O) groups excluding carboxylic acids is 1. The average Bonchev–Trinajstić information content (AvgIpc) is 2.91. The highest BCUT2D eigenvalue weighted by Crippen LogP contribution is 2.21. The summed E-state index contributed by atoms with van der Waals surface area (Å²) in [5, 5.41) is 4.29. The van der Waals surface area contributed by atoms with Crippen molar-refractivity contribution in [1.29, 1.82) is 0 Å². The fourth-order valence-electron chi connectivity index (χ4n) is 1.86. The molecule has 0 aliphatic heterocycles. The molecule has 2 aromatic rings. The summed E-state index contributed by atoms with van der Waals surface area (Å²) in [6.45, 7) is 0.597. The van der Waals surface area contributed by atoms with Crippen LogP contribution in [0.3, 0.4) is 0 Å². The zero-order valence-electron chi connectivity index (χ0n) is 11.8. The second-order valence-electron chi connectivity index (χ2n) is 4.62. The molecule has 0 unspecified atom stereocenters. The molecule has 0 saturated carbocycles. The Hall–Kier alpha value is -2.05. The molecule has 0 radical (unpaired) electrons. The van der Waals surface area contributed by atoms with Crippen molar-refractivity contribution >= 4 is 23.2 Å². The van der Waals surface area contributed by atoms with Gasteiger partial charge in [0.05, 0.1) is 0 Å². The van der Waals surface area contributed by atoms with Gasteiger partial charge in [0.25, 0.3) is 5.91 Å². The predicted molar refractivity (Wildman–Crippen MR) is 78.9 cm³/mol. The van der Waals surface area contributed by atoms with Crippen LogP contribution < -0.4 is 5.73 Å². The van der Waals surface area contributed by atoms with E-state index in [2.05, 4.69) is 5.16 Å². The molecule has 1 aromatic heterocycles. The number of hydrogen-bond donors (Lipinski definition) is 1. The molecule has 0 fully saturated rings. The molecular formula is C14H16ClN3O3. The summed E-state index contributed by atoms with van der Waals surface area (Å²) < 4.78 is 9.92. The summed E-state index contributed by atoms with van der Waals surface area (Å²) in [5.41, 5.74) is 7.32. The van der Waals surface area contributed by atoms with Gasteiger partial charge in [0.1, 0.15) is 6.61 Å². The van der Waals surface area contributed by atoms with Gasteiger partial charge in [-0.3, -0.25) is 4.79 Å². The summed E-state index contributed by atoms with van der Waals surface area (Å²) in [4.78, 5) is 13.7. The van der Waals surface area contributed by atoms with Gasteiger partial charge >= 0.3 is 0 Å². The van der Waals surface area contributed by atoms with Crippen molar-refractivity contribution in [2.24, 2.45) is 0 Å². The Labute approximate surface area is 127 Å². The second kappa shape index (κ2) is 6.60. The average molecular weight is 310 g/mol. The minimum absolute atomic E-state index is 0.226. The van der Waals surface area contributed by atoms with E-state index in [-0.39, 0.29) is 18.2 Å². The van der Waals surface area contributed by atoms with E-state index in [0.717, 1.165) is 5.56 Å². The molecule has 0 aliphatic rings. The summed E-state index contributed by atoms with van der Waals surface area (Å²) in [5.74, 6) is 0.232. The number of anilines is 1. The number of nitrogens with two attached hydrogens (primary N) is 1. The first-order valence-corrected chi connectivity index (χ1v) is 6.63. The van der Waals surface area contributed by atoms with E-state index in [1.54, 1.807) is 31.3 Å². The van der Waals surface area contributed by atoms with E-state index >= 15 is 0 Å². The Morgan fingerprint density at radius 3 is 2.95 bits per heavy atom. The molecule has 1 amide bonds. The first-order valence-electron chi connectivity index (χ1n) is 6.25. The van der Waals surface area contributed by atoms with Gasteiger partial charge in [0.15, 0.2) is 11.5 Å². The third kappa shape index (κ3) is 3.74. The van der Waals surface area contributed by atoms with Crippen molar-refractivity contribution in [3.8, 4) is 0 Å². The number of ether oxygens (including phenoxy) is 1. The topological polar surface area (TPSA) is 81.6 Å². The number of amides is 1. The third-order valence-electron chi connectivity index (χ3n) is 2.89. The summed E-state index contributed by atoms with van der Waals surface area (Å²) in [7, 11) is 3.20. The quantitative estimate of drug-likeness (QED) is 0.857. The molecule has 2 N–H and O–H groups in total. The van der Waals surface area contributed by atoms with Crippen molar-refractivity contribution in [2.45, 2.75) is 13.2 Å². The third-order valence-corrected chi connectivity index (χ3v) is 3.26. The van der Waals surface area contributed by atoms with Crippen molar-refractivity contribution in [3.63, 3.8) is 0 Å². The largest absolute Gasteiger partial charge is 0.399 e. The molecule has 2 rings (SSSR count). The highest BCUT2D eigenvalue weighted by molar-refractivity contribution is 6.31. The Morgan fingerprint density at radius 1 is 1.48 bits per heavy atom. The van der Waals surface area contributed by atoms with Crippen LogP contribution in [0.15, 0.2) is 28.8 Å². The van der Waals surface area contributed by atoms with Gasteiger partial charge in [-0.05, 0) is 23.8 Å². The number of rotatable bonds is 5. The lowest BCUT2D eigenvalue weighted by atomic mass is 10.2. The Morgan fingerprint density at radius 2 is 2.24 bits per heavy atom. The van der Waals surface area contributed by atoms with Gasteiger partial charge in [-0.15, -0.1) is 0 Å². The molecule has 0 bridgehead atoms. The molecular weight excluding hydrogens is 294 g/mol. The maximum absolute atomic E-state index is 12.3. The number of nitrogen functional groups attached to an aromatic ring is 1. The number of halogens is 1. The number of methoxy groups -OCH3 is 1. The molecule has 1 heterocycles. The number of aromatic nitrogens is 1. The maximum Gasteiger partial charge on any atom is 0.276 e. The first-order chi connectivity index (χ1) is 10.0. The van der Waals surface area contributed by atoms with Crippen molar-refractivity contribution < 1.29 is 14.1 Å². The molecule has 0 spiro atoms. The van der Waals surface area contributed by atoms with E-state index in [1.807, 2.05) is 0 Å². The summed E-state index contributed by atoms with van der Waals surface area (Å²) in [6.07, 6.45) is 0. The summed E-state index contributed by atoms with van der Waals surface area (Å²) >= 11 is 6.09.